The second-order valence-corrected chi connectivity index (χ2v) is 26.2. The van der Waals surface area contributed by atoms with Crippen molar-refractivity contribution >= 4 is 32.8 Å². The van der Waals surface area contributed by atoms with E-state index < -0.39 is 142 Å². The molecule has 0 radical (unpaired) electrons. The molecule has 5 nitrogen and oxygen atoms in total. The van der Waals surface area contributed by atoms with Gasteiger partial charge in [0.05, 0.1) is 58.1 Å². The van der Waals surface area contributed by atoms with E-state index in [4.69, 9.17) is 19.3 Å². The maximum Gasteiger partial charge on any atom is 0.269 e. The molecule has 10 aromatic carbocycles. The first-order valence-electron chi connectivity index (χ1n) is 38.1. The third-order valence-electron chi connectivity index (χ3n) is 15.9. The number of nitrogens with zero attached hydrogens (tertiary/aromatic N) is 4. The molecule has 0 bridgehead atoms. The standard InChI is InChI=1S/C82H76N4O/c1-79(2,3)62-39-40-83-77(50-62)86-73-34-23-22-33-69(73)70-37-36-68(52-75(70)86)87-67-32-24-31-66(51-67)84-53-85(74-38-35-57(46-76(74)84)60-44-63(80(4,5)6)47-64(45-60)81(7,8)9)78-71(56-29-20-15-21-30-56)48-65(82(10,11)12)49-72(78)61-42-58(54-25-16-13-17-26-54)41-59(43-61)55-27-18-14-19-28-55/h13-52H,1-12H3/i13D,14D,15D,16D,17D,18D,19D,20D,21D,25D,26D,27D,28D,29D,30D,41D,42D,43D. The number of para-hydroxylation sites is 1. The van der Waals surface area contributed by atoms with Gasteiger partial charge >= 0.3 is 0 Å². The van der Waals surface area contributed by atoms with Gasteiger partial charge in [-0.15, -0.1) is 0 Å². The summed E-state index contributed by atoms with van der Waals surface area (Å²) in [6, 6.07) is 27.0. The van der Waals surface area contributed by atoms with Crippen molar-refractivity contribution < 1.29 is 34.0 Å². The molecule has 3 heterocycles. The molecule has 0 saturated carbocycles. The minimum absolute atomic E-state index is 0.0424. The maximum atomic E-state index is 10.6. The highest BCUT2D eigenvalue weighted by atomic mass is 16.5. The van der Waals surface area contributed by atoms with Crippen molar-refractivity contribution in [3.63, 3.8) is 0 Å². The Morgan fingerprint density at radius 3 is 1.59 bits per heavy atom. The van der Waals surface area contributed by atoms with Crippen LogP contribution in [0.5, 0.6) is 11.5 Å². The smallest absolute Gasteiger partial charge is 0.269 e. The normalized spacial score (nSPS) is 15.3. The fraction of sp³-hybridized carbons (Fsp3) is 0.195. The Bertz CT molecular complexity index is 5650. The molecule has 430 valence electrons. The van der Waals surface area contributed by atoms with Gasteiger partial charge in [-0.05, 0) is 172 Å². The summed E-state index contributed by atoms with van der Waals surface area (Å²) >= 11 is 0. The van der Waals surface area contributed by atoms with E-state index in [2.05, 4.69) is 110 Å². The molecule has 0 saturated heterocycles. The van der Waals surface area contributed by atoms with Gasteiger partial charge in [0.2, 0.25) is 0 Å². The van der Waals surface area contributed by atoms with Crippen LogP contribution in [0.1, 0.15) is 130 Å². The highest BCUT2D eigenvalue weighted by Crippen LogP contribution is 2.44. The monoisotopic (exact) mass is 1150 g/mol. The molecule has 0 amide bonds. The maximum absolute atomic E-state index is 10.6. The lowest BCUT2D eigenvalue weighted by atomic mass is 9.79. The third-order valence-corrected chi connectivity index (χ3v) is 15.9. The highest BCUT2D eigenvalue weighted by molar-refractivity contribution is 6.09. The molecule has 3 aromatic heterocycles. The van der Waals surface area contributed by atoms with Crippen LogP contribution in [-0.4, -0.2) is 14.1 Å². The van der Waals surface area contributed by atoms with Crippen LogP contribution < -0.4 is 9.30 Å². The number of rotatable bonds is 10. The summed E-state index contributed by atoms with van der Waals surface area (Å²) in [5.74, 6) is 1.63. The predicted molar refractivity (Wildman–Crippen MR) is 364 cm³/mol. The first-order valence-corrected chi connectivity index (χ1v) is 29.1. The van der Waals surface area contributed by atoms with Gasteiger partial charge in [-0.2, -0.15) is 0 Å². The number of hydrogen-bond donors (Lipinski definition) is 0. The zero-order valence-electron chi connectivity index (χ0n) is 68.9. The Morgan fingerprint density at radius 1 is 0.414 bits per heavy atom. The molecule has 87 heavy (non-hydrogen) atoms. The molecule has 5 heteroatoms. The zero-order valence-corrected chi connectivity index (χ0v) is 50.9. The number of aromatic nitrogens is 4. The number of fused-ring (bicyclic) bond motifs is 4. The van der Waals surface area contributed by atoms with E-state index in [0.29, 0.717) is 33.8 Å². The third kappa shape index (κ3) is 11.1. The van der Waals surface area contributed by atoms with Crippen LogP contribution in [0.2, 0.25) is 0 Å². The van der Waals surface area contributed by atoms with Crippen molar-refractivity contribution in [3.05, 3.63) is 271 Å². The van der Waals surface area contributed by atoms with Crippen molar-refractivity contribution in [1.82, 2.24) is 14.1 Å². The molecule has 0 spiro atoms. The summed E-state index contributed by atoms with van der Waals surface area (Å²) in [5, 5.41) is 2.00. The van der Waals surface area contributed by atoms with Gasteiger partial charge in [0, 0.05) is 23.0 Å². The van der Waals surface area contributed by atoms with Gasteiger partial charge in [0.25, 0.3) is 6.33 Å². The van der Waals surface area contributed by atoms with Gasteiger partial charge in [0.1, 0.15) is 17.3 Å². The lowest BCUT2D eigenvalue weighted by molar-refractivity contribution is -0.571. The Morgan fingerprint density at radius 2 is 0.966 bits per heavy atom. The lowest BCUT2D eigenvalue weighted by Gasteiger charge is -2.26. The van der Waals surface area contributed by atoms with Crippen LogP contribution in [0.4, 0.5) is 0 Å². The summed E-state index contributed by atoms with van der Waals surface area (Å²) in [5.41, 5.74) is 3.11. The van der Waals surface area contributed by atoms with Crippen LogP contribution in [0, 0.1) is 6.33 Å². The average molecular weight is 1150 g/mol. The second kappa shape index (κ2) is 21.7. The van der Waals surface area contributed by atoms with Crippen LogP contribution in [0.25, 0.3) is 106 Å². The molecule has 0 atom stereocenters. The zero-order chi connectivity index (χ0) is 76.2. The molecule has 0 N–H and O–H groups in total. The van der Waals surface area contributed by atoms with Gasteiger partial charge < -0.3 is 4.74 Å². The topological polar surface area (TPSA) is 35.9 Å². The van der Waals surface area contributed by atoms with E-state index >= 15 is 0 Å². The summed E-state index contributed by atoms with van der Waals surface area (Å²) < 4.78 is 181. The van der Waals surface area contributed by atoms with Crippen molar-refractivity contribution in [1.29, 1.82) is 0 Å². The van der Waals surface area contributed by atoms with Crippen molar-refractivity contribution in [3.8, 4) is 84.3 Å². The summed E-state index contributed by atoms with van der Waals surface area (Å²) in [4.78, 5) is 4.89. The van der Waals surface area contributed by atoms with Crippen LogP contribution in [-0.2, 0) is 21.7 Å². The molecule has 13 rings (SSSR count). The lowest BCUT2D eigenvalue weighted by Crippen LogP contribution is -2.32. The van der Waals surface area contributed by atoms with E-state index in [1.54, 1.807) is 21.3 Å². The van der Waals surface area contributed by atoms with Gasteiger partial charge in [-0.3, -0.25) is 13.7 Å². The molecular formula is C82H76N4O. The number of pyridine rings is 1. The van der Waals surface area contributed by atoms with Crippen molar-refractivity contribution in [2.45, 2.75) is 105 Å². The number of imidazole rings is 1. The highest BCUT2D eigenvalue weighted by Gasteiger charge is 2.27. The Hall–Kier alpha value is -9.58. The van der Waals surface area contributed by atoms with Gasteiger partial charge in [-0.25, -0.2) is 4.98 Å². The van der Waals surface area contributed by atoms with Crippen molar-refractivity contribution in [2.24, 2.45) is 0 Å². The Balaban J connectivity index is 1.17. The SMILES string of the molecule is [2H]c1c([2H])c([2H])c(-c2cc(C(C)(C)C)cc(-c3c([2H])c(-c4c([2H])c([2H])c([2H])c([2H])c4[2H])c([2H])c(-c4c([2H])c([2H])c([2H])c([2H])c4[2H])c3[2H])c2-[n+]2[c-]n(-c3cccc(Oc4ccc5c6ccccc6n(-c6cc(C(C)(C)C)ccn6)c5c4)c3)c3cc(-c4cc(C(C)(C)C)cc(C(C)(C)C)c4)ccc32)c([2H])c1[2H]. The van der Waals surface area contributed by atoms with E-state index in [1.807, 2.05) is 106 Å². The molecule has 0 fully saturated rings. The molecule has 0 unspecified atom stereocenters. The van der Waals surface area contributed by atoms with E-state index in [1.165, 1.54) is 0 Å². The minimum atomic E-state index is -0.929. The summed E-state index contributed by atoms with van der Waals surface area (Å²) in [6.07, 6.45) is 5.44. The first-order chi connectivity index (χ1) is 49.1. The number of ether oxygens (including phenoxy) is 1. The molecule has 0 aliphatic carbocycles. The predicted octanol–water partition coefficient (Wildman–Crippen LogP) is 21.5. The first kappa shape index (κ1) is 39.2. The van der Waals surface area contributed by atoms with Crippen molar-refractivity contribution in [2.75, 3.05) is 0 Å². The summed E-state index contributed by atoms with van der Waals surface area (Å²) in [6.45, 7) is 24.9. The Kier molecular flexibility index (Phi) is 9.79. The minimum Gasteiger partial charge on any atom is -0.458 e. The largest absolute Gasteiger partial charge is 0.458 e. The van der Waals surface area contributed by atoms with Crippen LogP contribution in [0.15, 0.2) is 242 Å². The van der Waals surface area contributed by atoms with Gasteiger partial charge in [-0.1, -0.05) is 240 Å². The Labute approximate surface area is 539 Å². The molecule has 0 aliphatic heterocycles. The number of benzene rings is 10. The van der Waals surface area contributed by atoms with Crippen LogP contribution >= 0.6 is 0 Å². The molecule has 13 aromatic rings. The van der Waals surface area contributed by atoms with E-state index in [-0.39, 0.29) is 38.6 Å². The quantitative estimate of drug-likeness (QED) is 0.101. The molecule has 0 aliphatic rings. The fourth-order valence-electron chi connectivity index (χ4n) is 11.1. The van der Waals surface area contributed by atoms with Crippen LogP contribution in [0.3, 0.4) is 0 Å². The average Bonchev–Trinajstić information content (AvgIpc) is 1.29. The van der Waals surface area contributed by atoms with E-state index in [9.17, 15) is 15.1 Å². The van der Waals surface area contributed by atoms with E-state index in [0.717, 1.165) is 55.4 Å². The summed E-state index contributed by atoms with van der Waals surface area (Å²) in [7, 11) is 0. The van der Waals surface area contributed by atoms with Gasteiger partial charge in [0.15, 0.2) is 0 Å². The fourth-order valence-corrected chi connectivity index (χ4v) is 11.1. The number of hydrogen-bond acceptors (Lipinski definition) is 2. The second-order valence-electron chi connectivity index (χ2n) is 26.2. The molecular weight excluding hydrogens is 1060 g/mol.